The van der Waals surface area contributed by atoms with Crippen molar-refractivity contribution in [2.24, 2.45) is 5.92 Å². The minimum Gasteiger partial charge on any atom is -0.356 e. The van der Waals surface area contributed by atoms with Gasteiger partial charge >= 0.3 is 0 Å². The zero-order valence-corrected chi connectivity index (χ0v) is 18.1. The van der Waals surface area contributed by atoms with Crippen LogP contribution < -0.4 is 10.6 Å². The SMILES string of the molecule is CC(=O)NCCCc1nc(C(=O)N[C@@H](Cc2ccccc2)C[C@H](C)C(C)=O)cs1. The molecule has 0 aliphatic rings. The summed E-state index contributed by atoms with van der Waals surface area (Å²) >= 11 is 1.45. The van der Waals surface area contributed by atoms with E-state index in [4.69, 9.17) is 0 Å². The summed E-state index contributed by atoms with van der Waals surface area (Å²) in [6.07, 6.45) is 2.75. The largest absolute Gasteiger partial charge is 0.356 e. The lowest BCUT2D eigenvalue weighted by Gasteiger charge is -2.21. The van der Waals surface area contributed by atoms with Gasteiger partial charge in [-0.3, -0.25) is 14.4 Å². The number of nitrogens with one attached hydrogen (secondary N) is 2. The Bertz CT molecular complexity index is 820. The maximum Gasteiger partial charge on any atom is 0.270 e. The molecule has 156 valence electrons. The summed E-state index contributed by atoms with van der Waals surface area (Å²) < 4.78 is 0. The second kappa shape index (κ2) is 11.5. The highest BCUT2D eigenvalue weighted by atomic mass is 32.1. The minimum absolute atomic E-state index is 0.0477. The molecule has 1 aromatic heterocycles. The monoisotopic (exact) mass is 415 g/mol. The lowest BCUT2D eigenvalue weighted by molar-refractivity contribution is -0.120. The third kappa shape index (κ3) is 8.15. The molecular weight excluding hydrogens is 386 g/mol. The van der Waals surface area contributed by atoms with Gasteiger partial charge in [0.05, 0.1) is 5.01 Å². The van der Waals surface area contributed by atoms with Crippen molar-refractivity contribution >= 4 is 28.9 Å². The van der Waals surface area contributed by atoms with Crippen LogP contribution in [-0.4, -0.2) is 35.2 Å². The number of rotatable bonds is 11. The third-order valence-electron chi connectivity index (χ3n) is 4.72. The standard InChI is InChI=1S/C22H29N3O3S/c1-15(16(2)26)12-19(13-18-8-5-4-6-9-18)24-22(28)20-14-29-21(25-20)10-7-11-23-17(3)27/h4-6,8-9,14-15,19H,7,10-13H2,1-3H3,(H,23,27)(H,24,28)/t15-,19+/m0/s1. The molecule has 2 N–H and O–H groups in total. The molecule has 2 aromatic rings. The van der Waals surface area contributed by atoms with Crippen molar-refractivity contribution in [2.45, 2.75) is 52.5 Å². The summed E-state index contributed by atoms with van der Waals surface area (Å²) in [6, 6.07) is 9.79. The Morgan fingerprint density at radius 1 is 1.14 bits per heavy atom. The van der Waals surface area contributed by atoms with Gasteiger partial charge in [0.1, 0.15) is 11.5 Å². The number of aromatic nitrogens is 1. The first-order valence-corrected chi connectivity index (χ1v) is 10.8. The molecule has 7 heteroatoms. The molecule has 0 radical (unpaired) electrons. The predicted molar refractivity (Wildman–Crippen MR) is 115 cm³/mol. The molecule has 2 amide bonds. The number of carbonyl (C=O) groups excluding carboxylic acids is 3. The van der Waals surface area contributed by atoms with Crippen LogP contribution in [0.3, 0.4) is 0 Å². The number of hydrogen-bond donors (Lipinski definition) is 2. The third-order valence-corrected chi connectivity index (χ3v) is 5.63. The highest BCUT2D eigenvalue weighted by Gasteiger charge is 2.21. The van der Waals surface area contributed by atoms with Crippen LogP contribution in [0.15, 0.2) is 35.7 Å². The van der Waals surface area contributed by atoms with Crippen molar-refractivity contribution in [1.29, 1.82) is 0 Å². The van der Waals surface area contributed by atoms with Gasteiger partial charge in [-0.2, -0.15) is 0 Å². The molecule has 0 aliphatic heterocycles. The van der Waals surface area contributed by atoms with E-state index >= 15 is 0 Å². The van der Waals surface area contributed by atoms with Crippen molar-refractivity contribution in [1.82, 2.24) is 15.6 Å². The van der Waals surface area contributed by atoms with Crippen LogP contribution in [0.1, 0.15) is 54.7 Å². The Labute approximate surface area is 176 Å². The molecule has 1 heterocycles. The number of Topliss-reactive ketones (excluding diaryl/α,β-unsaturated/α-hetero) is 1. The van der Waals surface area contributed by atoms with Gasteiger partial charge in [0.2, 0.25) is 5.91 Å². The molecule has 0 spiro atoms. The highest BCUT2D eigenvalue weighted by molar-refractivity contribution is 7.09. The van der Waals surface area contributed by atoms with Crippen molar-refractivity contribution in [3.63, 3.8) is 0 Å². The molecule has 0 saturated carbocycles. The molecular formula is C22H29N3O3S. The normalized spacial score (nSPS) is 12.8. The van der Waals surface area contributed by atoms with E-state index in [-0.39, 0.29) is 29.6 Å². The van der Waals surface area contributed by atoms with Crippen molar-refractivity contribution in [2.75, 3.05) is 6.54 Å². The van der Waals surface area contributed by atoms with Crippen molar-refractivity contribution < 1.29 is 14.4 Å². The van der Waals surface area contributed by atoms with Gasteiger partial charge < -0.3 is 10.6 Å². The van der Waals surface area contributed by atoms with Crippen LogP contribution in [0.25, 0.3) is 0 Å². The number of aryl methyl sites for hydroxylation is 1. The van der Waals surface area contributed by atoms with E-state index in [1.165, 1.54) is 18.3 Å². The fourth-order valence-corrected chi connectivity index (χ4v) is 3.80. The average molecular weight is 416 g/mol. The summed E-state index contributed by atoms with van der Waals surface area (Å²) in [5.41, 5.74) is 1.52. The second-order valence-electron chi connectivity index (χ2n) is 7.32. The second-order valence-corrected chi connectivity index (χ2v) is 8.26. The molecule has 1 aromatic carbocycles. The van der Waals surface area contributed by atoms with E-state index in [0.29, 0.717) is 31.5 Å². The first-order valence-electron chi connectivity index (χ1n) is 9.89. The van der Waals surface area contributed by atoms with E-state index in [9.17, 15) is 14.4 Å². The smallest absolute Gasteiger partial charge is 0.270 e. The average Bonchev–Trinajstić information content (AvgIpc) is 3.15. The van der Waals surface area contributed by atoms with Gasteiger partial charge in [-0.25, -0.2) is 4.98 Å². The van der Waals surface area contributed by atoms with E-state index in [1.54, 1.807) is 12.3 Å². The van der Waals surface area contributed by atoms with E-state index < -0.39 is 0 Å². The van der Waals surface area contributed by atoms with Crippen LogP contribution in [0, 0.1) is 5.92 Å². The topological polar surface area (TPSA) is 88.2 Å². The number of amides is 2. The van der Waals surface area contributed by atoms with Crippen LogP contribution >= 0.6 is 11.3 Å². The van der Waals surface area contributed by atoms with Gasteiger partial charge in [-0.05, 0) is 31.7 Å². The van der Waals surface area contributed by atoms with Crippen molar-refractivity contribution in [3.05, 3.63) is 52.0 Å². The summed E-state index contributed by atoms with van der Waals surface area (Å²) in [5.74, 6) is -0.268. The maximum absolute atomic E-state index is 12.7. The fourth-order valence-electron chi connectivity index (χ4n) is 2.98. The summed E-state index contributed by atoms with van der Waals surface area (Å²) in [5, 5.41) is 8.45. The fraction of sp³-hybridized carbons (Fsp3) is 0.455. The van der Waals surface area contributed by atoms with E-state index in [2.05, 4.69) is 15.6 Å². The van der Waals surface area contributed by atoms with Gasteiger partial charge in [-0.15, -0.1) is 11.3 Å². The van der Waals surface area contributed by atoms with Crippen LogP contribution in [-0.2, 0) is 22.4 Å². The summed E-state index contributed by atoms with van der Waals surface area (Å²) in [6.45, 7) is 5.56. The Kier molecular flexibility index (Phi) is 8.99. The summed E-state index contributed by atoms with van der Waals surface area (Å²) in [4.78, 5) is 39.8. The Hall–Kier alpha value is -2.54. The molecule has 2 atom stereocenters. The Balaban J connectivity index is 1.97. The van der Waals surface area contributed by atoms with Crippen LogP contribution in [0.5, 0.6) is 0 Å². The van der Waals surface area contributed by atoms with Gasteiger partial charge in [0.25, 0.3) is 5.91 Å². The lowest BCUT2D eigenvalue weighted by atomic mass is 9.94. The first-order chi connectivity index (χ1) is 13.8. The Morgan fingerprint density at radius 3 is 2.52 bits per heavy atom. The zero-order valence-electron chi connectivity index (χ0n) is 17.2. The van der Waals surface area contributed by atoms with E-state index in [0.717, 1.165) is 17.0 Å². The number of hydrogen-bond acceptors (Lipinski definition) is 5. The molecule has 2 rings (SSSR count). The van der Waals surface area contributed by atoms with E-state index in [1.807, 2.05) is 37.3 Å². The number of nitrogens with zero attached hydrogens (tertiary/aromatic N) is 1. The molecule has 0 unspecified atom stereocenters. The number of benzene rings is 1. The molecule has 0 saturated heterocycles. The number of thiazole rings is 1. The predicted octanol–water partition coefficient (Wildman–Crippen LogP) is 3.17. The number of carbonyl (C=O) groups is 3. The van der Waals surface area contributed by atoms with Crippen LogP contribution in [0.2, 0.25) is 0 Å². The minimum atomic E-state index is -0.217. The first kappa shape index (κ1) is 22.7. The zero-order chi connectivity index (χ0) is 21.2. The van der Waals surface area contributed by atoms with Gasteiger partial charge in [0.15, 0.2) is 0 Å². The Morgan fingerprint density at radius 2 is 1.86 bits per heavy atom. The maximum atomic E-state index is 12.7. The molecule has 0 bridgehead atoms. The lowest BCUT2D eigenvalue weighted by Crippen LogP contribution is -2.38. The highest BCUT2D eigenvalue weighted by Crippen LogP contribution is 2.15. The van der Waals surface area contributed by atoms with Crippen molar-refractivity contribution in [3.8, 4) is 0 Å². The molecule has 29 heavy (non-hydrogen) atoms. The molecule has 0 aliphatic carbocycles. The molecule has 6 nitrogen and oxygen atoms in total. The summed E-state index contributed by atoms with van der Waals surface area (Å²) in [7, 11) is 0. The number of ketones is 1. The van der Waals surface area contributed by atoms with Gasteiger partial charge in [-0.1, -0.05) is 37.3 Å². The van der Waals surface area contributed by atoms with Crippen LogP contribution in [0.4, 0.5) is 0 Å². The molecule has 0 fully saturated rings. The van der Waals surface area contributed by atoms with Gasteiger partial charge in [0, 0.05) is 37.2 Å². The quantitative estimate of drug-likeness (QED) is 0.552.